The van der Waals surface area contributed by atoms with Crippen molar-refractivity contribution in [3.05, 3.63) is 194 Å². The van der Waals surface area contributed by atoms with E-state index in [1.165, 1.54) is 0 Å². The summed E-state index contributed by atoms with van der Waals surface area (Å²) in [7, 11) is 0. The monoisotopic (exact) mass is 875 g/mol. The number of phenolic OH excluding ortho intramolecular Hbond substituents is 1. The van der Waals surface area contributed by atoms with Gasteiger partial charge in [0.25, 0.3) is 0 Å². The Morgan fingerprint density at radius 2 is 1.07 bits per heavy atom. The number of pyridine rings is 2. The minimum Gasteiger partial charge on any atom is -0.507 e. The number of aryl methyl sites for hydroxylation is 1. The van der Waals surface area contributed by atoms with Crippen molar-refractivity contribution in [2.45, 2.75) is 6.92 Å². The van der Waals surface area contributed by atoms with Crippen LogP contribution in [0.4, 0.5) is 0 Å². The van der Waals surface area contributed by atoms with E-state index in [4.69, 9.17) is 9.97 Å². The summed E-state index contributed by atoms with van der Waals surface area (Å²) in [4.78, 5) is 10.4. The topological polar surface area (TPSA) is 50.4 Å². The van der Waals surface area contributed by atoms with Gasteiger partial charge in [0.1, 0.15) is 11.4 Å². The van der Waals surface area contributed by atoms with Crippen LogP contribution in [0.1, 0.15) is 5.56 Å². The maximum absolute atomic E-state index is 10.9. The molecule has 0 amide bonds. The van der Waals surface area contributed by atoms with Crippen LogP contribution in [0.5, 0.6) is 5.75 Å². The average Bonchev–Trinajstić information content (AvgIpc) is 3.61. The van der Waals surface area contributed by atoms with Crippen LogP contribution >= 0.6 is 0 Å². The number of rotatable bonds is 7. The second-order valence-electron chi connectivity index (χ2n) is 13.2. The molecule has 3 heterocycles. The van der Waals surface area contributed by atoms with E-state index in [0.29, 0.717) is 11.3 Å². The van der Waals surface area contributed by atoms with Gasteiger partial charge < -0.3 is 9.51 Å². The number of phenols is 1. The van der Waals surface area contributed by atoms with Crippen LogP contribution in [0.15, 0.2) is 182 Å². The number of hydrogen-bond acceptors (Lipinski definition) is 3. The van der Waals surface area contributed by atoms with E-state index in [1.807, 2.05) is 66.7 Å². The molecule has 0 bridgehead atoms. The van der Waals surface area contributed by atoms with E-state index < -0.39 is 0 Å². The molecule has 0 saturated carbocycles. The van der Waals surface area contributed by atoms with E-state index >= 15 is 0 Å². The van der Waals surface area contributed by atoms with E-state index in [9.17, 15) is 5.11 Å². The van der Waals surface area contributed by atoms with Crippen molar-refractivity contribution < 1.29 is 26.2 Å². The maximum atomic E-state index is 10.9. The quantitative estimate of drug-likeness (QED) is 0.162. The van der Waals surface area contributed by atoms with Crippen LogP contribution in [0, 0.1) is 13.0 Å². The molecule has 54 heavy (non-hydrogen) atoms. The smallest absolute Gasteiger partial charge is 0.129 e. The predicted molar refractivity (Wildman–Crippen MR) is 216 cm³/mol. The number of nitrogens with zero attached hydrogens (tertiary/aromatic N) is 3. The van der Waals surface area contributed by atoms with Gasteiger partial charge in [-0.05, 0) is 100.0 Å². The standard InChI is InChI=1S/C49H34N3O.Pt/c1-33-15-8-9-22-42(33)40-31-44(50-45(32-40)43-23-10-11-24-46(43)53)36-20-14-21-37(27-36)48-49(52-26-13-12-25-47(52)51-48)41-29-38(34-16-4-2-5-17-34)28-39(30-41)35-18-6-3-7-19-35;/h2-26,28-32,53H,1H3;/q-1;. The molecule has 0 aliphatic heterocycles. The number of imidazole rings is 1. The van der Waals surface area contributed by atoms with Crippen LogP contribution in [0.3, 0.4) is 0 Å². The number of benzene rings is 6. The summed E-state index contributed by atoms with van der Waals surface area (Å²) in [6, 6.07) is 63.7. The summed E-state index contributed by atoms with van der Waals surface area (Å²) in [6.07, 6.45) is 2.08. The zero-order valence-corrected chi connectivity index (χ0v) is 31.7. The van der Waals surface area contributed by atoms with Gasteiger partial charge in [-0.3, -0.25) is 9.97 Å². The number of hydrogen-bond donors (Lipinski definition) is 1. The van der Waals surface area contributed by atoms with Crippen molar-refractivity contribution in [2.75, 3.05) is 0 Å². The summed E-state index contributed by atoms with van der Waals surface area (Å²) in [6.45, 7) is 2.11. The van der Waals surface area contributed by atoms with Gasteiger partial charge in [-0.15, -0.1) is 24.3 Å². The third-order valence-corrected chi connectivity index (χ3v) is 9.74. The Morgan fingerprint density at radius 1 is 0.481 bits per heavy atom. The first-order valence-electron chi connectivity index (χ1n) is 17.7. The van der Waals surface area contributed by atoms with E-state index in [2.05, 4.69) is 127 Å². The van der Waals surface area contributed by atoms with E-state index in [0.717, 1.165) is 78.4 Å². The third-order valence-electron chi connectivity index (χ3n) is 9.74. The molecule has 0 spiro atoms. The van der Waals surface area contributed by atoms with Crippen LogP contribution in [-0.4, -0.2) is 19.5 Å². The molecule has 1 N–H and O–H groups in total. The van der Waals surface area contributed by atoms with Crippen molar-refractivity contribution in [3.8, 4) is 84.2 Å². The van der Waals surface area contributed by atoms with Gasteiger partial charge >= 0.3 is 0 Å². The normalized spacial score (nSPS) is 11.0. The molecular formula is C49H34N3OPt-. The molecule has 9 aromatic rings. The first kappa shape index (κ1) is 34.7. The summed E-state index contributed by atoms with van der Waals surface area (Å²) < 4.78 is 2.17. The fourth-order valence-corrected chi connectivity index (χ4v) is 7.12. The third kappa shape index (κ3) is 6.69. The number of fused-ring (bicyclic) bond motifs is 1. The van der Waals surface area contributed by atoms with Crippen molar-refractivity contribution in [2.24, 2.45) is 0 Å². The molecule has 0 unspecified atom stereocenters. The SMILES string of the molecule is Cc1ccccc1-c1cc(-c2[c-]c(-c3nc4ccccn4c3-c3cc(-c4ccccc4)cc(-c4ccccc4)c3)ccc2)nc(-c2ccccc2O)c1.[Pt]. The van der Waals surface area contributed by atoms with Crippen molar-refractivity contribution in [1.29, 1.82) is 0 Å². The molecular weight excluding hydrogens is 842 g/mol. The zero-order chi connectivity index (χ0) is 35.7. The van der Waals surface area contributed by atoms with Gasteiger partial charge in [0.05, 0.1) is 5.69 Å². The Labute approximate surface area is 329 Å². The maximum Gasteiger partial charge on any atom is 0.129 e. The van der Waals surface area contributed by atoms with Crippen LogP contribution in [0.2, 0.25) is 0 Å². The van der Waals surface area contributed by atoms with Crippen molar-refractivity contribution in [3.63, 3.8) is 0 Å². The largest absolute Gasteiger partial charge is 0.507 e. The van der Waals surface area contributed by atoms with Crippen LogP contribution < -0.4 is 0 Å². The molecule has 0 fully saturated rings. The van der Waals surface area contributed by atoms with Gasteiger partial charge in [-0.1, -0.05) is 120 Å². The molecule has 5 heteroatoms. The second kappa shape index (κ2) is 14.9. The Morgan fingerprint density at radius 3 is 1.78 bits per heavy atom. The van der Waals surface area contributed by atoms with Crippen molar-refractivity contribution in [1.82, 2.24) is 14.4 Å². The Bertz CT molecular complexity index is 2630. The molecule has 262 valence electrons. The number of aromatic nitrogens is 3. The summed E-state index contributed by atoms with van der Waals surface area (Å²) in [5.41, 5.74) is 15.4. The fraction of sp³-hybridized carbons (Fsp3) is 0.0204. The molecule has 0 aliphatic rings. The fourth-order valence-electron chi connectivity index (χ4n) is 7.12. The predicted octanol–water partition coefficient (Wildman–Crippen LogP) is 12.2. The van der Waals surface area contributed by atoms with Crippen LogP contribution in [-0.2, 0) is 21.1 Å². The van der Waals surface area contributed by atoms with Gasteiger partial charge in [-0.25, -0.2) is 0 Å². The van der Waals surface area contributed by atoms with Gasteiger partial charge in [0.15, 0.2) is 0 Å². The van der Waals surface area contributed by atoms with Gasteiger partial charge in [0.2, 0.25) is 0 Å². The Kier molecular flexibility index (Phi) is 9.61. The van der Waals surface area contributed by atoms with Gasteiger partial charge in [0, 0.05) is 49.9 Å². The minimum atomic E-state index is 0. The average molecular weight is 876 g/mol. The Hall–Kier alpha value is -6.35. The van der Waals surface area contributed by atoms with Crippen LogP contribution in [0.25, 0.3) is 84.1 Å². The second-order valence-corrected chi connectivity index (χ2v) is 13.2. The summed E-state index contributed by atoms with van der Waals surface area (Å²) in [5.74, 6) is 0.188. The Balaban J connectivity index is 0.00000413. The van der Waals surface area contributed by atoms with Crippen molar-refractivity contribution >= 4 is 5.65 Å². The minimum absolute atomic E-state index is 0. The zero-order valence-electron chi connectivity index (χ0n) is 29.4. The molecule has 0 saturated heterocycles. The first-order valence-corrected chi connectivity index (χ1v) is 17.7. The molecule has 0 aliphatic carbocycles. The molecule has 9 rings (SSSR count). The van der Waals surface area contributed by atoms with E-state index in [-0.39, 0.29) is 26.8 Å². The molecule has 3 aromatic heterocycles. The summed E-state index contributed by atoms with van der Waals surface area (Å²) >= 11 is 0. The number of para-hydroxylation sites is 1. The molecule has 0 atom stereocenters. The molecule has 6 aromatic carbocycles. The first-order chi connectivity index (χ1) is 26.1. The van der Waals surface area contributed by atoms with E-state index in [1.54, 1.807) is 6.07 Å². The molecule has 4 nitrogen and oxygen atoms in total. The molecule has 0 radical (unpaired) electrons. The van der Waals surface area contributed by atoms with Gasteiger partial charge in [-0.2, -0.15) is 0 Å². The number of aromatic hydroxyl groups is 1. The summed E-state index contributed by atoms with van der Waals surface area (Å²) in [5, 5.41) is 10.9.